The highest BCUT2D eigenvalue weighted by molar-refractivity contribution is 7.99. The van der Waals surface area contributed by atoms with Gasteiger partial charge in [-0.3, -0.25) is 14.0 Å². The van der Waals surface area contributed by atoms with E-state index in [0.29, 0.717) is 11.3 Å². The van der Waals surface area contributed by atoms with E-state index in [2.05, 4.69) is 4.98 Å². The quantitative estimate of drug-likeness (QED) is 0.624. The Balaban J connectivity index is 1.59. The molecule has 3 rings (SSSR count). The van der Waals surface area contributed by atoms with Crippen molar-refractivity contribution in [2.45, 2.75) is 31.5 Å². The van der Waals surface area contributed by atoms with Crippen LogP contribution < -0.4 is 5.56 Å². The third-order valence-electron chi connectivity index (χ3n) is 3.90. The second-order valence-corrected chi connectivity index (χ2v) is 7.40. The lowest BCUT2D eigenvalue weighted by Gasteiger charge is -2.11. The fourth-order valence-corrected chi connectivity index (χ4v) is 3.30. The van der Waals surface area contributed by atoms with Crippen LogP contribution in [0.3, 0.4) is 0 Å². The van der Waals surface area contributed by atoms with Gasteiger partial charge in [-0.1, -0.05) is 36.4 Å². The van der Waals surface area contributed by atoms with Crippen molar-refractivity contribution in [2.75, 3.05) is 0 Å². The van der Waals surface area contributed by atoms with Crippen molar-refractivity contribution >= 4 is 23.4 Å². The Morgan fingerprint density at radius 3 is 2.77 bits per heavy atom. The van der Waals surface area contributed by atoms with E-state index in [1.54, 1.807) is 12.3 Å². The van der Waals surface area contributed by atoms with Gasteiger partial charge in [0.15, 0.2) is 0 Å². The summed E-state index contributed by atoms with van der Waals surface area (Å²) < 4.78 is 6.82. The molecule has 0 radical (unpaired) electrons. The normalized spacial score (nSPS) is 12.1. The van der Waals surface area contributed by atoms with Crippen molar-refractivity contribution in [3.63, 3.8) is 0 Å². The standard InChI is InChI=1S/C20H20N2O3S/c1-14-8-9-18-21-17(10-19(23)22(18)11-14)12-25-20(24)15(2)26-13-16-6-4-3-5-7-16/h3-11,15H,12-13H2,1-2H3/t15-/m0/s1. The molecule has 134 valence electrons. The molecule has 26 heavy (non-hydrogen) atoms. The number of carbonyl (C=O) groups is 1. The van der Waals surface area contributed by atoms with Crippen LogP contribution in [0, 0.1) is 6.92 Å². The molecule has 0 saturated heterocycles. The van der Waals surface area contributed by atoms with Crippen LogP contribution in [-0.2, 0) is 21.9 Å². The number of thioether (sulfide) groups is 1. The van der Waals surface area contributed by atoms with E-state index in [4.69, 9.17) is 4.74 Å². The van der Waals surface area contributed by atoms with E-state index in [0.717, 1.165) is 16.9 Å². The molecular formula is C20H20N2O3S. The second kappa shape index (κ2) is 8.19. The van der Waals surface area contributed by atoms with Gasteiger partial charge in [0.05, 0.1) is 10.9 Å². The molecule has 0 unspecified atom stereocenters. The van der Waals surface area contributed by atoms with Crippen LogP contribution in [0.25, 0.3) is 5.65 Å². The van der Waals surface area contributed by atoms with Crippen molar-refractivity contribution in [3.05, 3.63) is 81.9 Å². The van der Waals surface area contributed by atoms with Gasteiger partial charge in [-0.15, -0.1) is 11.8 Å². The van der Waals surface area contributed by atoms with E-state index >= 15 is 0 Å². The monoisotopic (exact) mass is 368 g/mol. The molecule has 0 aliphatic rings. The molecule has 0 N–H and O–H groups in total. The molecule has 2 heterocycles. The predicted molar refractivity (Wildman–Crippen MR) is 103 cm³/mol. The number of fused-ring (bicyclic) bond motifs is 1. The summed E-state index contributed by atoms with van der Waals surface area (Å²) in [6.07, 6.45) is 1.74. The Bertz CT molecular complexity index is 970. The van der Waals surface area contributed by atoms with Gasteiger partial charge in [0.2, 0.25) is 0 Å². The number of pyridine rings is 1. The summed E-state index contributed by atoms with van der Waals surface area (Å²) in [5, 5.41) is -0.292. The topological polar surface area (TPSA) is 60.7 Å². The summed E-state index contributed by atoms with van der Waals surface area (Å²) in [5.74, 6) is 0.434. The minimum Gasteiger partial charge on any atom is -0.458 e. The number of hydrogen-bond donors (Lipinski definition) is 0. The number of nitrogens with zero attached hydrogens (tertiary/aromatic N) is 2. The maximum absolute atomic E-state index is 12.2. The number of aryl methyl sites for hydroxylation is 1. The predicted octanol–water partition coefficient (Wildman–Crippen LogP) is 3.37. The Morgan fingerprint density at radius 2 is 2.00 bits per heavy atom. The Hall–Kier alpha value is -2.60. The summed E-state index contributed by atoms with van der Waals surface area (Å²) in [4.78, 5) is 28.7. The molecule has 1 aromatic carbocycles. The minimum atomic E-state index is -0.308. The zero-order chi connectivity index (χ0) is 18.5. The van der Waals surface area contributed by atoms with E-state index in [9.17, 15) is 9.59 Å². The number of ether oxygens (including phenoxy) is 1. The van der Waals surface area contributed by atoms with E-state index in [1.807, 2.05) is 50.2 Å². The fourth-order valence-electron chi connectivity index (χ4n) is 2.46. The first-order chi connectivity index (χ1) is 12.5. The molecule has 0 aliphatic heterocycles. The highest BCUT2D eigenvalue weighted by Gasteiger charge is 2.16. The van der Waals surface area contributed by atoms with Gasteiger partial charge in [-0.25, -0.2) is 4.98 Å². The molecule has 0 bridgehead atoms. The van der Waals surface area contributed by atoms with Crippen LogP contribution in [0.4, 0.5) is 0 Å². The number of hydrogen-bond acceptors (Lipinski definition) is 5. The Morgan fingerprint density at radius 1 is 1.23 bits per heavy atom. The molecule has 0 aliphatic carbocycles. The Kier molecular flexibility index (Phi) is 5.73. The zero-order valence-corrected chi connectivity index (χ0v) is 15.5. The molecule has 0 spiro atoms. The summed E-state index contributed by atoms with van der Waals surface area (Å²) >= 11 is 1.52. The zero-order valence-electron chi connectivity index (χ0n) is 14.7. The van der Waals surface area contributed by atoms with Crippen LogP contribution in [-0.4, -0.2) is 20.6 Å². The van der Waals surface area contributed by atoms with E-state index < -0.39 is 0 Å². The second-order valence-electron chi connectivity index (χ2n) is 6.07. The molecule has 6 heteroatoms. The maximum atomic E-state index is 12.2. The van der Waals surface area contributed by atoms with Crippen LogP contribution in [0.2, 0.25) is 0 Å². The van der Waals surface area contributed by atoms with Crippen LogP contribution in [0.5, 0.6) is 0 Å². The molecule has 1 atom stereocenters. The highest BCUT2D eigenvalue weighted by atomic mass is 32.2. The average molecular weight is 368 g/mol. The van der Waals surface area contributed by atoms with Crippen LogP contribution >= 0.6 is 11.8 Å². The summed E-state index contributed by atoms with van der Waals surface area (Å²) in [5.41, 5.74) is 2.95. The number of carbonyl (C=O) groups excluding carboxylic acids is 1. The smallest absolute Gasteiger partial charge is 0.319 e. The number of rotatable bonds is 6. The molecule has 0 saturated carbocycles. The van der Waals surface area contributed by atoms with Crippen molar-refractivity contribution in [1.29, 1.82) is 0 Å². The van der Waals surface area contributed by atoms with Gasteiger partial charge in [0.1, 0.15) is 12.3 Å². The number of esters is 1. The maximum Gasteiger partial charge on any atom is 0.319 e. The van der Waals surface area contributed by atoms with Crippen molar-refractivity contribution in [3.8, 4) is 0 Å². The highest BCUT2D eigenvalue weighted by Crippen LogP contribution is 2.18. The third kappa shape index (κ3) is 4.52. The SMILES string of the molecule is Cc1ccc2nc(COC(=O)[C@H](C)SCc3ccccc3)cc(=O)n2c1. The van der Waals surface area contributed by atoms with Gasteiger partial charge in [-0.05, 0) is 31.0 Å². The molecule has 5 nitrogen and oxygen atoms in total. The number of aromatic nitrogens is 2. The fraction of sp³-hybridized carbons (Fsp3) is 0.250. The molecule has 0 fully saturated rings. The Labute approximate surface area is 156 Å². The van der Waals surface area contributed by atoms with Crippen LogP contribution in [0.1, 0.15) is 23.7 Å². The first-order valence-electron chi connectivity index (χ1n) is 8.34. The minimum absolute atomic E-state index is 0.00527. The third-order valence-corrected chi connectivity index (χ3v) is 5.09. The number of benzene rings is 1. The van der Waals surface area contributed by atoms with Crippen LogP contribution in [0.15, 0.2) is 59.5 Å². The van der Waals surface area contributed by atoms with Gasteiger partial charge in [0.25, 0.3) is 5.56 Å². The average Bonchev–Trinajstić information content (AvgIpc) is 2.65. The van der Waals surface area contributed by atoms with E-state index in [1.165, 1.54) is 22.2 Å². The van der Waals surface area contributed by atoms with Gasteiger partial charge in [-0.2, -0.15) is 0 Å². The van der Waals surface area contributed by atoms with Gasteiger partial charge in [0, 0.05) is 18.0 Å². The van der Waals surface area contributed by atoms with E-state index in [-0.39, 0.29) is 23.4 Å². The lowest BCUT2D eigenvalue weighted by Crippen LogP contribution is -2.20. The largest absolute Gasteiger partial charge is 0.458 e. The molecule has 2 aromatic heterocycles. The summed E-state index contributed by atoms with van der Waals surface area (Å²) in [6, 6.07) is 15.0. The molecule has 0 amide bonds. The van der Waals surface area contributed by atoms with Gasteiger partial charge < -0.3 is 4.74 Å². The summed E-state index contributed by atoms with van der Waals surface area (Å²) in [6.45, 7) is 3.73. The van der Waals surface area contributed by atoms with Gasteiger partial charge >= 0.3 is 5.97 Å². The summed E-state index contributed by atoms with van der Waals surface area (Å²) in [7, 11) is 0. The molecular weight excluding hydrogens is 348 g/mol. The first kappa shape index (κ1) is 18.2. The lowest BCUT2D eigenvalue weighted by atomic mass is 10.2. The van der Waals surface area contributed by atoms with Crippen molar-refractivity contribution in [1.82, 2.24) is 9.38 Å². The van der Waals surface area contributed by atoms with Crippen molar-refractivity contribution < 1.29 is 9.53 Å². The lowest BCUT2D eigenvalue weighted by molar-refractivity contribution is -0.144. The molecule has 3 aromatic rings. The van der Waals surface area contributed by atoms with Crippen molar-refractivity contribution in [2.24, 2.45) is 0 Å². The first-order valence-corrected chi connectivity index (χ1v) is 9.39.